The van der Waals surface area contributed by atoms with Crippen LogP contribution >= 0.6 is 0 Å². The van der Waals surface area contributed by atoms with Crippen LogP contribution in [-0.2, 0) is 17.6 Å². The van der Waals surface area contributed by atoms with Gasteiger partial charge in [0.1, 0.15) is 23.1 Å². The van der Waals surface area contributed by atoms with Gasteiger partial charge in [0.25, 0.3) is 0 Å². The van der Waals surface area contributed by atoms with Crippen LogP contribution < -0.4 is 10.6 Å². The Balaban J connectivity index is 1.57. The number of hydrogen-bond acceptors (Lipinski definition) is 9. The molecule has 1 aromatic carbocycles. The highest BCUT2D eigenvalue weighted by Crippen LogP contribution is 2.37. The van der Waals surface area contributed by atoms with Crippen molar-refractivity contribution in [3.05, 3.63) is 88.1 Å². The average molecular weight is 638 g/mol. The number of benzene rings is 1. The van der Waals surface area contributed by atoms with Crippen molar-refractivity contribution in [2.45, 2.75) is 64.7 Å². The van der Waals surface area contributed by atoms with E-state index in [1.807, 2.05) is 32.6 Å². The normalized spacial score (nSPS) is 20.4. The van der Waals surface area contributed by atoms with E-state index in [9.17, 15) is 9.59 Å². The fraction of sp³-hybridized carbons (Fsp3) is 0.353. The summed E-state index contributed by atoms with van der Waals surface area (Å²) in [6.07, 6.45) is 2.74. The number of aliphatic imine (C=N–C) groups is 1. The van der Waals surface area contributed by atoms with Gasteiger partial charge in [-0.15, -0.1) is 5.11 Å². The molecule has 3 atom stereocenters. The van der Waals surface area contributed by atoms with Crippen LogP contribution in [0, 0.1) is 11.6 Å². The number of hydrogen-bond donors (Lipinski definition) is 0. The summed E-state index contributed by atoms with van der Waals surface area (Å²) in [6.45, 7) is 12.0. The van der Waals surface area contributed by atoms with E-state index >= 15 is 8.78 Å². The van der Waals surface area contributed by atoms with Gasteiger partial charge >= 0.3 is 5.69 Å². The molecular weight excluding hydrogens is 604 g/mol. The van der Waals surface area contributed by atoms with Crippen molar-refractivity contribution in [2.75, 3.05) is 18.0 Å². The number of pyridine rings is 2. The van der Waals surface area contributed by atoms with Crippen LogP contribution in [0.3, 0.4) is 0 Å². The van der Waals surface area contributed by atoms with Gasteiger partial charge in [0.2, 0.25) is 5.91 Å². The van der Waals surface area contributed by atoms with Gasteiger partial charge in [-0.3, -0.25) is 9.78 Å². The maximum atomic E-state index is 16.4. The third-order valence-electron chi connectivity index (χ3n) is 9.02. The number of azo groups is 1. The molecule has 6 heterocycles. The maximum Gasteiger partial charge on any atom is 0.355 e. The largest absolute Gasteiger partial charge is 0.355 e. The molecule has 4 aromatic rings. The Bertz CT molecular complexity index is 2090. The van der Waals surface area contributed by atoms with Gasteiger partial charge in [-0.25, -0.2) is 28.1 Å². The second-order valence-corrected chi connectivity index (χ2v) is 12.5. The molecule has 7 rings (SSSR count). The lowest BCUT2D eigenvalue weighted by molar-refractivity contribution is -0.128. The second kappa shape index (κ2) is 11.6. The minimum absolute atomic E-state index is 0.0311. The summed E-state index contributed by atoms with van der Waals surface area (Å²) in [7, 11) is 0. The predicted molar refractivity (Wildman–Crippen MR) is 174 cm³/mol. The Hall–Kier alpha value is -5.20. The molecule has 3 unspecified atom stereocenters. The van der Waals surface area contributed by atoms with Crippen LogP contribution in [-0.4, -0.2) is 67.5 Å². The molecule has 13 heteroatoms. The van der Waals surface area contributed by atoms with Crippen molar-refractivity contribution >= 4 is 28.6 Å². The first-order valence-corrected chi connectivity index (χ1v) is 15.6. The number of amidine groups is 1. The first-order valence-electron chi connectivity index (χ1n) is 15.6. The highest BCUT2D eigenvalue weighted by molar-refractivity contribution is 5.92. The van der Waals surface area contributed by atoms with Gasteiger partial charge in [-0.1, -0.05) is 32.6 Å². The van der Waals surface area contributed by atoms with E-state index in [4.69, 9.17) is 4.98 Å². The Morgan fingerprint density at radius 3 is 2.64 bits per heavy atom. The van der Waals surface area contributed by atoms with Gasteiger partial charge in [-0.05, 0) is 55.2 Å². The summed E-state index contributed by atoms with van der Waals surface area (Å²) in [5, 5.41) is 8.89. The molecule has 1 saturated heterocycles. The standard InChI is InChI=1S/C34H33F2N9O2/c1-6-27(46)43-15-19(5)44(16-18(43)4)32-22-14-24(36)30-28-20(8-7-9-23(28)35)12-25-38-26(42-41-25)13-21-10-11-37-29(17(2)3)31(21)45(33(22)39-30)34(47)40-32/h6-11,14,17-19,25H,1,12-13,15-16H2,2-5H3. The van der Waals surface area contributed by atoms with Gasteiger partial charge in [0, 0.05) is 49.8 Å². The minimum Gasteiger partial charge on any atom is -0.349 e. The van der Waals surface area contributed by atoms with Crippen molar-refractivity contribution in [1.29, 1.82) is 0 Å². The summed E-state index contributed by atoms with van der Waals surface area (Å²) in [5.74, 6) is -1.09. The summed E-state index contributed by atoms with van der Waals surface area (Å²) < 4.78 is 33.5. The van der Waals surface area contributed by atoms with E-state index < -0.39 is 23.5 Å². The number of anilines is 1. The van der Waals surface area contributed by atoms with E-state index in [1.54, 1.807) is 29.3 Å². The van der Waals surface area contributed by atoms with E-state index in [2.05, 4.69) is 31.8 Å². The van der Waals surface area contributed by atoms with Crippen molar-refractivity contribution in [1.82, 2.24) is 24.4 Å². The molecule has 11 nitrogen and oxygen atoms in total. The summed E-state index contributed by atoms with van der Waals surface area (Å²) in [6, 6.07) is 7.03. The molecule has 0 N–H and O–H groups in total. The third kappa shape index (κ3) is 5.09. The maximum absolute atomic E-state index is 16.4. The van der Waals surface area contributed by atoms with Crippen LogP contribution in [0.1, 0.15) is 50.4 Å². The van der Waals surface area contributed by atoms with Crippen LogP contribution in [0.25, 0.3) is 28.0 Å². The molecule has 1 fully saturated rings. The van der Waals surface area contributed by atoms with Gasteiger partial charge < -0.3 is 9.80 Å². The highest BCUT2D eigenvalue weighted by Gasteiger charge is 2.35. The van der Waals surface area contributed by atoms with Crippen molar-refractivity contribution < 1.29 is 13.6 Å². The molecule has 3 aliphatic rings. The Morgan fingerprint density at radius 2 is 1.87 bits per heavy atom. The Labute approximate surface area is 269 Å². The monoisotopic (exact) mass is 637 g/mol. The first kappa shape index (κ1) is 30.5. The highest BCUT2D eigenvalue weighted by atomic mass is 19.1. The van der Waals surface area contributed by atoms with Gasteiger partial charge in [-0.2, -0.15) is 10.1 Å². The lowest BCUT2D eigenvalue weighted by atomic mass is 9.98. The lowest BCUT2D eigenvalue weighted by Crippen LogP contribution is -2.58. The topological polar surface area (TPSA) is 121 Å². The number of nitrogens with zero attached hydrogens (tertiary/aromatic N) is 9. The smallest absolute Gasteiger partial charge is 0.349 e. The fourth-order valence-electron chi connectivity index (χ4n) is 6.78. The first-order chi connectivity index (χ1) is 22.5. The van der Waals surface area contributed by atoms with Crippen molar-refractivity contribution in [3.63, 3.8) is 0 Å². The van der Waals surface area contributed by atoms with E-state index in [1.165, 1.54) is 22.8 Å². The molecule has 3 aromatic heterocycles. The van der Waals surface area contributed by atoms with Crippen LogP contribution in [0.15, 0.2) is 69.2 Å². The number of halogens is 2. The molecule has 4 bridgehead atoms. The summed E-state index contributed by atoms with van der Waals surface area (Å²) >= 11 is 0. The zero-order valence-corrected chi connectivity index (χ0v) is 26.5. The van der Waals surface area contributed by atoms with E-state index in [0.717, 1.165) is 0 Å². The molecule has 3 aliphatic heterocycles. The number of amides is 1. The fourth-order valence-corrected chi connectivity index (χ4v) is 6.78. The molecular formula is C34H33F2N9O2. The number of carbonyl (C=O) groups excluding carboxylic acids is 1. The zero-order valence-electron chi connectivity index (χ0n) is 26.5. The van der Waals surface area contributed by atoms with Crippen molar-refractivity contribution in [3.8, 4) is 16.9 Å². The zero-order chi connectivity index (χ0) is 33.1. The number of piperazine rings is 1. The molecule has 0 radical (unpaired) electrons. The Kier molecular flexibility index (Phi) is 7.48. The quantitative estimate of drug-likeness (QED) is 0.287. The van der Waals surface area contributed by atoms with Crippen LogP contribution in [0.2, 0.25) is 0 Å². The predicted octanol–water partition coefficient (Wildman–Crippen LogP) is 5.14. The van der Waals surface area contributed by atoms with Gasteiger partial charge in [0.05, 0.1) is 16.8 Å². The van der Waals surface area contributed by atoms with E-state index in [-0.39, 0.29) is 64.9 Å². The lowest BCUT2D eigenvalue weighted by Gasteiger charge is -2.44. The molecule has 240 valence electrons. The Morgan fingerprint density at radius 1 is 1.06 bits per heavy atom. The van der Waals surface area contributed by atoms with Crippen LogP contribution in [0.5, 0.6) is 0 Å². The van der Waals surface area contributed by atoms with Crippen molar-refractivity contribution in [2.24, 2.45) is 15.2 Å². The number of fused-ring (bicyclic) bond motifs is 6. The molecule has 47 heavy (non-hydrogen) atoms. The summed E-state index contributed by atoms with van der Waals surface area (Å²) in [4.78, 5) is 49.2. The number of rotatable bonds is 3. The molecule has 1 amide bonds. The molecule has 0 aliphatic carbocycles. The third-order valence-corrected chi connectivity index (χ3v) is 9.02. The molecule has 0 saturated carbocycles. The number of aromatic nitrogens is 4. The average Bonchev–Trinajstić information content (AvgIpc) is 3.48. The summed E-state index contributed by atoms with van der Waals surface area (Å²) in [5.41, 5.74) is 1.37. The second-order valence-electron chi connectivity index (χ2n) is 12.5. The molecule has 0 spiro atoms. The SMILES string of the molecule is C=CC(=O)N1CC(C)N(c2nc(=O)n3c4nc(c(F)cc24)-c2c(F)cccc2CC2N=NC(=N2)Cc2ccnc(C(C)C)c2-3)CC1C. The minimum atomic E-state index is -0.777. The van der Waals surface area contributed by atoms with Gasteiger partial charge in [0.15, 0.2) is 17.6 Å². The number of carbonyl (C=O) groups is 1. The van der Waals surface area contributed by atoms with E-state index in [0.29, 0.717) is 41.4 Å². The van der Waals surface area contributed by atoms with Crippen LogP contribution in [0.4, 0.5) is 14.6 Å².